The van der Waals surface area contributed by atoms with Gasteiger partial charge in [-0.05, 0) is 57.2 Å². The van der Waals surface area contributed by atoms with E-state index in [1.807, 2.05) is 11.8 Å². The molecule has 2 saturated heterocycles. The Labute approximate surface area is 178 Å². The van der Waals surface area contributed by atoms with Crippen molar-refractivity contribution in [2.45, 2.75) is 64.8 Å². The normalized spacial score (nSPS) is 19.1. The van der Waals surface area contributed by atoms with Gasteiger partial charge in [0, 0.05) is 24.7 Å². The number of aromatic nitrogens is 1. The summed E-state index contributed by atoms with van der Waals surface area (Å²) in [6, 6.07) is 9.27. The molecule has 1 amide bonds. The summed E-state index contributed by atoms with van der Waals surface area (Å²) in [4.78, 5) is 23.4. The highest BCUT2D eigenvalue weighted by Crippen LogP contribution is 2.31. The van der Waals surface area contributed by atoms with E-state index in [0.29, 0.717) is 12.0 Å². The first-order chi connectivity index (χ1) is 14.0. The third kappa shape index (κ3) is 4.56. The molecule has 2 aromatic rings. The Morgan fingerprint density at radius 3 is 2.31 bits per heavy atom. The lowest BCUT2D eigenvalue weighted by Crippen LogP contribution is -2.48. The molecule has 5 heteroatoms. The first kappa shape index (κ1) is 20.5. The molecular weight excluding hydrogens is 378 g/mol. The van der Waals surface area contributed by atoms with Crippen molar-refractivity contribution < 1.29 is 4.79 Å². The largest absolute Gasteiger partial charge is 0.338 e. The second-order valence-electron chi connectivity index (χ2n) is 8.83. The smallest absolute Gasteiger partial charge is 0.265 e. The minimum absolute atomic E-state index is 0.169. The van der Waals surface area contributed by atoms with Crippen LogP contribution in [0.1, 0.15) is 72.8 Å². The molecule has 2 aliphatic rings. The van der Waals surface area contributed by atoms with Gasteiger partial charge in [0.1, 0.15) is 9.88 Å². The third-order valence-corrected chi connectivity index (χ3v) is 7.67. The first-order valence-electron chi connectivity index (χ1n) is 11.1. The molecule has 0 radical (unpaired) electrons. The summed E-state index contributed by atoms with van der Waals surface area (Å²) in [5.74, 6) is 0.689. The summed E-state index contributed by atoms with van der Waals surface area (Å²) in [6.07, 6.45) is 6.25. The number of hydrogen-bond donors (Lipinski definition) is 0. The summed E-state index contributed by atoms with van der Waals surface area (Å²) >= 11 is 1.54. The number of aryl methyl sites for hydroxylation is 1. The molecule has 2 fully saturated rings. The molecule has 0 N–H and O–H groups in total. The summed E-state index contributed by atoms with van der Waals surface area (Å²) in [5, 5.41) is 0.948. The molecule has 4 rings (SSSR count). The van der Waals surface area contributed by atoms with Crippen molar-refractivity contribution in [2.75, 3.05) is 26.2 Å². The second-order valence-corrected chi connectivity index (χ2v) is 9.83. The molecule has 156 valence electrons. The minimum Gasteiger partial charge on any atom is -0.338 e. The van der Waals surface area contributed by atoms with Crippen LogP contribution in [0.25, 0.3) is 10.6 Å². The van der Waals surface area contributed by atoms with Crippen molar-refractivity contribution in [3.63, 3.8) is 0 Å². The van der Waals surface area contributed by atoms with Crippen LogP contribution in [-0.4, -0.2) is 52.9 Å². The SMILES string of the molecule is Cc1nc(-c2ccc(C(C)C)cc2)sc1C(=O)N1CCC(N2CCCCC2)CC1. The fourth-order valence-electron chi connectivity index (χ4n) is 4.59. The zero-order valence-corrected chi connectivity index (χ0v) is 18.8. The quantitative estimate of drug-likeness (QED) is 0.682. The number of amides is 1. The predicted octanol–water partition coefficient (Wildman–Crippen LogP) is 5.33. The standard InChI is InChI=1S/C24H33N3OS/c1-17(2)19-7-9-20(10-8-19)23-25-18(3)22(29-23)24(28)27-15-11-21(12-16-27)26-13-5-4-6-14-26/h7-10,17,21H,4-6,11-16H2,1-3H3. The molecule has 1 aromatic heterocycles. The van der Waals surface area contributed by atoms with Gasteiger partial charge in [-0.1, -0.05) is 44.5 Å². The van der Waals surface area contributed by atoms with Gasteiger partial charge in [-0.3, -0.25) is 4.79 Å². The Kier molecular flexibility index (Phi) is 6.35. The number of carbonyl (C=O) groups excluding carboxylic acids is 1. The number of benzene rings is 1. The third-order valence-electron chi connectivity index (χ3n) is 6.47. The molecule has 1 aromatic carbocycles. The highest BCUT2D eigenvalue weighted by Gasteiger charge is 2.29. The van der Waals surface area contributed by atoms with Crippen molar-refractivity contribution in [1.82, 2.24) is 14.8 Å². The average Bonchev–Trinajstić information content (AvgIpc) is 3.15. The van der Waals surface area contributed by atoms with Crippen LogP contribution in [0.4, 0.5) is 0 Å². The molecule has 2 aliphatic heterocycles. The van der Waals surface area contributed by atoms with E-state index in [-0.39, 0.29) is 5.91 Å². The number of thiazole rings is 1. The van der Waals surface area contributed by atoms with E-state index in [2.05, 4.69) is 43.0 Å². The van der Waals surface area contributed by atoms with E-state index in [4.69, 9.17) is 4.98 Å². The molecule has 0 spiro atoms. The highest BCUT2D eigenvalue weighted by atomic mass is 32.1. The van der Waals surface area contributed by atoms with E-state index in [1.54, 1.807) is 11.3 Å². The van der Waals surface area contributed by atoms with Crippen LogP contribution in [0.5, 0.6) is 0 Å². The van der Waals surface area contributed by atoms with Crippen LogP contribution in [0.3, 0.4) is 0 Å². The van der Waals surface area contributed by atoms with E-state index < -0.39 is 0 Å². The molecule has 29 heavy (non-hydrogen) atoms. The maximum atomic E-state index is 13.2. The Balaban J connectivity index is 1.41. The van der Waals surface area contributed by atoms with Gasteiger partial charge in [0.05, 0.1) is 5.69 Å². The van der Waals surface area contributed by atoms with Crippen LogP contribution in [0.15, 0.2) is 24.3 Å². The lowest BCUT2D eigenvalue weighted by atomic mass is 10.00. The van der Waals surface area contributed by atoms with Gasteiger partial charge in [0.2, 0.25) is 0 Å². The number of hydrogen-bond acceptors (Lipinski definition) is 4. The average molecular weight is 412 g/mol. The van der Waals surface area contributed by atoms with E-state index in [1.165, 1.54) is 37.9 Å². The Hall–Kier alpha value is -1.72. The molecule has 0 unspecified atom stereocenters. The number of rotatable bonds is 4. The molecular formula is C24H33N3OS. The number of carbonyl (C=O) groups is 1. The monoisotopic (exact) mass is 411 g/mol. The van der Waals surface area contributed by atoms with Crippen LogP contribution in [0, 0.1) is 6.92 Å². The van der Waals surface area contributed by atoms with Gasteiger partial charge in [-0.25, -0.2) is 4.98 Å². The van der Waals surface area contributed by atoms with E-state index in [9.17, 15) is 4.79 Å². The van der Waals surface area contributed by atoms with Gasteiger partial charge < -0.3 is 9.80 Å². The van der Waals surface area contributed by atoms with Gasteiger partial charge in [0.25, 0.3) is 5.91 Å². The lowest BCUT2D eigenvalue weighted by Gasteiger charge is -2.40. The van der Waals surface area contributed by atoms with Crippen molar-refractivity contribution in [2.24, 2.45) is 0 Å². The lowest BCUT2D eigenvalue weighted by molar-refractivity contribution is 0.0593. The van der Waals surface area contributed by atoms with Gasteiger partial charge >= 0.3 is 0 Å². The van der Waals surface area contributed by atoms with Crippen LogP contribution >= 0.6 is 11.3 Å². The van der Waals surface area contributed by atoms with E-state index in [0.717, 1.165) is 47.1 Å². The summed E-state index contributed by atoms with van der Waals surface area (Å²) in [7, 11) is 0. The summed E-state index contributed by atoms with van der Waals surface area (Å²) < 4.78 is 0. The molecule has 0 atom stereocenters. The van der Waals surface area contributed by atoms with Crippen LogP contribution in [0.2, 0.25) is 0 Å². The Bertz CT molecular complexity index is 828. The van der Waals surface area contributed by atoms with Gasteiger partial charge in [-0.15, -0.1) is 11.3 Å². The molecule has 0 saturated carbocycles. The van der Waals surface area contributed by atoms with Crippen LogP contribution < -0.4 is 0 Å². The fourth-order valence-corrected chi connectivity index (χ4v) is 5.63. The first-order valence-corrected chi connectivity index (χ1v) is 12.0. The molecule has 4 nitrogen and oxygen atoms in total. The predicted molar refractivity (Wildman–Crippen MR) is 121 cm³/mol. The van der Waals surface area contributed by atoms with Crippen molar-refractivity contribution in [3.05, 3.63) is 40.4 Å². The highest BCUT2D eigenvalue weighted by molar-refractivity contribution is 7.17. The maximum absolute atomic E-state index is 13.2. The van der Waals surface area contributed by atoms with E-state index >= 15 is 0 Å². The van der Waals surface area contributed by atoms with Crippen molar-refractivity contribution in [3.8, 4) is 10.6 Å². The van der Waals surface area contributed by atoms with Crippen molar-refractivity contribution >= 4 is 17.2 Å². The number of likely N-dealkylation sites (tertiary alicyclic amines) is 2. The second kappa shape index (κ2) is 8.97. The van der Waals surface area contributed by atoms with Crippen LogP contribution in [-0.2, 0) is 0 Å². The van der Waals surface area contributed by atoms with Gasteiger partial charge in [-0.2, -0.15) is 0 Å². The zero-order valence-electron chi connectivity index (χ0n) is 18.0. The number of piperidine rings is 2. The number of nitrogens with zero attached hydrogens (tertiary/aromatic N) is 3. The fraction of sp³-hybridized carbons (Fsp3) is 0.583. The van der Waals surface area contributed by atoms with Crippen molar-refractivity contribution in [1.29, 1.82) is 0 Å². The molecule has 3 heterocycles. The molecule has 0 bridgehead atoms. The summed E-state index contributed by atoms with van der Waals surface area (Å²) in [5.41, 5.74) is 3.29. The maximum Gasteiger partial charge on any atom is 0.265 e. The zero-order chi connectivity index (χ0) is 20.4. The molecule has 0 aliphatic carbocycles. The topological polar surface area (TPSA) is 36.4 Å². The Morgan fingerprint density at radius 1 is 1.03 bits per heavy atom. The Morgan fingerprint density at radius 2 is 1.69 bits per heavy atom. The minimum atomic E-state index is 0.169. The summed E-state index contributed by atoms with van der Waals surface area (Å²) in [6.45, 7) is 10.6. The van der Waals surface area contributed by atoms with Gasteiger partial charge in [0.15, 0.2) is 0 Å².